The van der Waals surface area contributed by atoms with Gasteiger partial charge in [-0.25, -0.2) is 14.5 Å². The number of rotatable bonds is 9. The molecule has 3 aliphatic heterocycles. The SMILES string of the molecule is CC(=O)OC1C(c2cc(F)c(=O)[nH]c2O)OC(C)C1OC(=O)CCC(O)OC1OC2OC(C)(OO)CCC3C(C)CCC(C1C)C23. The summed E-state index contributed by atoms with van der Waals surface area (Å²) in [5, 5.41) is 30.6. The summed E-state index contributed by atoms with van der Waals surface area (Å²) >= 11 is 0. The van der Waals surface area contributed by atoms with Crippen LogP contribution in [0.5, 0.6) is 5.88 Å². The van der Waals surface area contributed by atoms with Gasteiger partial charge in [0.15, 0.2) is 42.8 Å². The van der Waals surface area contributed by atoms with E-state index in [4.69, 9.17) is 33.3 Å². The van der Waals surface area contributed by atoms with Crippen LogP contribution in [-0.2, 0) is 42.9 Å². The Morgan fingerprint density at radius 3 is 2.57 bits per heavy atom. The maximum atomic E-state index is 14.0. The van der Waals surface area contributed by atoms with Gasteiger partial charge < -0.3 is 38.6 Å². The van der Waals surface area contributed by atoms with Crippen LogP contribution in [-0.4, -0.2) is 75.4 Å². The van der Waals surface area contributed by atoms with Gasteiger partial charge in [-0.15, -0.1) is 0 Å². The summed E-state index contributed by atoms with van der Waals surface area (Å²) in [5.74, 6) is -3.68. The Morgan fingerprint density at radius 1 is 1.13 bits per heavy atom. The van der Waals surface area contributed by atoms with Gasteiger partial charge in [0.25, 0.3) is 5.56 Å². The molecule has 1 saturated carbocycles. The highest BCUT2D eigenvalue weighted by Crippen LogP contribution is 2.53. The number of H-pyrrole nitrogens is 1. The zero-order valence-corrected chi connectivity index (χ0v) is 26.6. The van der Waals surface area contributed by atoms with E-state index in [-0.39, 0.29) is 36.2 Å². The van der Waals surface area contributed by atoms with Gasteiger partial charge in [-0.1, -0.05) is 20.3 Å². The second-order valence-corrected chi connectivity index (χ2v) is 13.2. The molecule has 46 heavy (non-hydrogen) atoms. The summed E-state index contributed by atoms with van der Waals surface area (Å²) in [6.07, 6.45) is -4.68. The van der Waals surface area contributed by atoms with Crippen LogP contribution in [0.25, 0.3) is 0 Å². The zero-order valence-electron chi connectivity index (χ0n) is 26.6. The molecule has 0 bridgehead atoms. The molecule has 1 aromatic heterocycles. The van der Waals surface area contributed by atoms with Gasteiger partial charge in [0, 0.05) is 37.2 Å². The van der Waals surface area contributed by atoms with Crippen molar-refractivity contribution in [3.05, 3.63) is 27.8 Å². The van der Waals surface area contributed by atoms with Crippen LogP contribution < -0.4 is 5.56 Å². The average Bonchev–Trinajstić information content (AvgIpc) is 3.18. The number of esters is 2. The Bertz CT molecular complexity index is 1330. The Labute approximate surface area is 265 Å². The summed E-state index contributed by atoms with van der Waals surface area (Å²) in [6, 6.07) is 0.766. The van der Waals surface area contributed by atoms with Crippen LogP contribution in [0.15, 0.2) is 10.9 Å². The summed E-state index contributed by atoms with van der Waals surface area (Å²) < 4.78 is 49.0. The first-order valence-electron chi connectivity index (χ1n) is 15.8. The molecule has 4 heterocycles. The van der Waals surface area contributed by atoms with Gasteiger partial charge in [0.05, 0.1) is 12.5 Å². The number of carbonyl (C=O) groups excluding carboxylic acids is 2. The van der Waals surface area contributed by atoms with Crippen LogP contribution >= 0.6 is 0 Å². The van der Waals surface area contributed by atoms with Crippen molar-refractivity contribution < 1.29 is 62.8 Å². The van der Waals surface area contributed by atoms with Gasteiger partial charge in [-0.3, -0.25) is 19.4 Å². The predicted molar refractivity (Wildman–Crippen MR) is 153 cm³/mol. The quantitative estimate of drug-likeness (QED) is 0.131. The first-order chi connectivity index (χ1) is 21.7. The molecule has 15 heteroatoms. The third kappa shape index (κ3) is 7.10. The standard InChI is InChI=1S/C31H44FNO13/c1-13-6-7-18-14(2)29(44-30-23(18)17(13)10-11-31(5,45-30)46-39)43-22(36)9-8-21(35)42-24-15(3)40-25(26(24)41-16(4)34)19-12-20(32)28(38)33-27(19)37/h12-15,17-18,22-26,29-30,36,39H,6-11H2,1-5H3,(H2,33,37,38). The first-order valence-corrected chi connectivity index (χ1v) is 15.8. The molecule has 0 spiro atoms. The normalized spacial score (nSPS) is 39.6. The van der Waals surface area contributed by atoms with Gasteiger partial charge in [0.2, 0.25) is 5.79 Å². The van der Waals surface area contributed by atoms with E-state index in [9.17, 15) is 34.2 Å². The molecule has 1 aliphatic carbocycles. The topological polar surface area (TPSA) is 192 Å². The lowest BCUT2D eigenvalue weighted by molar-refractivity contribution is -0.448. The van der Waals surface area contributed by atoms with Crippen LogP contribution in [0.4, 0.5) is 4.39 Å². The lowest BCUT2D eigenvalue weighted by Crippen LogP contribution is -2.55. The minimum absolute atomic E-state index is 0.0712. The Morgan fingerprint density at radius 2 is 1.87 bits per heavy atom. The van der Waals surface area contributed by atoms with Gasteiger partial charge in [-0.2, -0.15) is 0 Å². The second-order valence-electron chi connectivity index (χ2n) is 13.2. The van der Waals surface area contributed by atoms with Crippen molar-refractivity contribution >= 4 is 11.9 Å². The number of carbonyl (C=O) groups is 2. The molecule has 13 unspecified atom stereocenters. The lowest BCUT2D eigenvalue weighted by atomic mass is 9.61. The van der Waals surface area contributed by atoms with Gasteiger partial charge in [-0.05, 0) is 50.5 Å². The number of nitrogens with one attached hydrogen (secondary N) is 1. The highest BCUT2D eigenvalue weighted by atomic mass is 19.1. The van der Waals surface area contributed by atoms with Crippen molar-refractivity contribution in [3.8, 4) is 5.88 Å². The van der Waals surface area contributed by atoms with E-state index in [1.54, 1.807) is 13.8 Å². The van der Waals surface area contributed by atoms with E-state index >= 15 is 0 Å². The fourth-order valence-electron chi connectivity index (χ4n) is 7.63. The zero-order chi connectivity index (χ0) is 33.5. The number of pyridine rings is 1. The van der Waals surface area contributed by atoms with E-state index < -0.39 is 78.3 Å². The van der Waals surface area contributed by atoms with Crippen molar-refractivity contribution in [2.75, 3.05) is 0 Å². The minimum Gasteiger partial charge on any atom is -0.494 e. The molecule has 4 aliphatic rings. The molecule has 3 saturated heterocycles. The molecule has 13 atom stereocenters. The minimum atomic E-state index is -1.41. The van der Waals surface area contributed by atoms with E-state index in [0.29, 0.717) is 18.3 Å². The Kier molecular flexibility index (Phi) is 10.4. The molecule has 14 nitrogen and oxygen atoms in total. The third-order valence-corrected chi connectivity index (χ3v) is 10.1. The van der Waals surface area contributed by atoms with E-state index in [2.05, 4.69) is 6.92 Å². The Hall–Kier alpha value is -2.66. The number of hydrogen-bond acceptors (Lipinski definition) is 13. The van der Waals surface area contributed by atoms with Crippen molar-refractivity contribution in [1.29, 1.82) is 0 Å². The molecule has 4 N–H and O–H groups in total. The average molecular weight is 658 g/mol. The highest BCUT2D eigenvalue weighted by Gasteiger charge is 2.55. The van der Waals surface area contributed by atoms with Crippen LogP contribution in [0.2, 0.25) is 0 Å². The fraction of sp³-hybridized carbons (Fsp3) is 0.774. The van der Waals surface area contributed by atoms with Crippen LogP contribution in [0, 0.1) is 35.4 Å². The maximum absolute atomic E-state index is 14.0. The van der Waals surface area contributed by atoms with E-state index in [0.717, 1.165) is 32.3 Å². The summed E-state index contributed by atoms with van der Waals surface area (Å²) in [6.45, 7) is 8.55. The highest BCUT2D eigenvalue weighted by molar-refractivity contribution is 5.70. The number of hydrogen-bond donors (Lipinski definition) is 4. The number of halogens is 1. The summed E-state index contributed by atoms with van der Waals surface area (Å²) in [5.41, 5.74) is -1.34. The number of aliphatic hydroxyl groups excluding tert-OH is 1. The molecular weight excluding hydrogens is 613 g/mol. The monoisotopic (exact) mass is 657 g/mol. The smallest absolute Gasteiger partial charge is 0.306 e. The molecule has 258 valence electrons. The predicted octanol–water partition coefficient (Wildman–Crippen LogP) is 3.25. The fourth-order valence-corrected chi connectivity index (χ4v) is 7.63. The van der Waals surface area contributed by atoms with Crippen LogP contribution in [0.1, 0.15) is 84.8 Å². The first kappa shape index (κ1) is 34.7. The van der Waals surface area contributed by atoms with Gasteiger partial charge in [0.1, 0.15) is 6.10 Å². The number of aromatic hydroxyl groups is 1. The molecule has 4 fully saturated rings. The van der Waals surface area contributed by atoms with Crippen molar-refractivity contribution in [1.82, 2.24) is 4.98 Å². The lowest BCUT2D eigenvalue weighted by Gasteiger charge is -2.52. The molecule has 0 aromatic carbocycles. The van der Waals surface area contributed by atoms with Crippen molar-refractivity contribution in [2.45, 2.75) is 122 Å². The summed E-state index contributed by atoms with van der Waals surface area (Å²) in [7, 11) is 0. The van der Waals surface area contributed by atoms with E-state index in [1.807, 2.05) is 11.9 Å². The Balaban J connectivity index is 1.21. The molecule has 5 rings (SSSR count). The molecule has 1 aromatic rings. The number of ether oxygens (including phenoxy) is 6. The molecule has 0 amide bonds. The number of aliphatic hydroxyl groups is 1. The number of aromatic amines is 1. The van der Waals surface area contributed by atoms with Crippen molar-refractivity contribution in [2.24, 2.45) is 29.6 Å². The van der Waals surface area contributed by atoms with E-state index in [1.165, 1.54) is 0 Å². The van der Waals surface area contributed by atoms with Crippen molar-refractivity contribution in [3.63, 3.8) is 0 Å². The second kappa shape index (κ2) is 13.8. The summed E-state index contributed by atoms with van der Waals surface area (Å²) in [4.78, 5) is 43.0. The molecular formula is C31H44FNO13. The largest absolute Gasteiger partial charge is 0.494 e. The number of aromatic nitrogens is 1. The molecule has 0 radical (unpaired) electrons. The maximum Gasteiger partial charge on any atom is 0.306 e. The van der Waals surface area contributed by atoms with Gasteiger partial charge >= 0.3 is 11.9 Å². The van der Waals surface area contributed by atoms with Crippen LogP contribution in [0.3, 0.4) is 0 Å². The third-order valence-electron chi connectivity index (χ3n) is 10.1.